The van der Waals surface area contributed by atoms with Crippen LogP contribution in [0.1, 0.15) is 71.1 Å². The van der Waals surface area contributed by atoms with Gasteiger partial charge in [-0.1, -0.05) is 51.9 Å². The predicted molar refractivity (Wildman–Crippen MR) is 93.8 cm³/mol. The average Bonchev–Trinajstić information content (AvgIpc) is 2.50. The lowest BCUT2D eigenvalue weighted by Gasteiger charge is -2.00. The van der Waals surface area contributed by atoms with E-state index in [0.717, 1.165) is 5.75 Å². The van der Waals surface area contributed by atoms with E-state index in [1.54, 1.807) is 0 Å². The van der Waals surface area contributed by atoms with Crippen LogP contribution >= 0.6 is 11.8 Å². The number of carbonyl (C=O) groups excluding carboxylic acids is 1. The van der Waals surface area contributed by atoms with E-state index in [1.807, 2.05) is 23.9 Å². The van der Waals surface area contributed by atoms with Crippen molar-refractivity contribution >= 4 is 17.7 Å². The van der Waals surface area contributed by atoms with Crippen molar-refractivity contribution in [1.82, 2.24) is 0 Å². The molecule has 0 aliphatic carbocycles. The predicted octanol–water partition coefficient (Wildman–Crippen LogP) is 5.52. The Morgan fingerprint density at radius 3 is 2.38 bits per heavy atom. The summed E-state index contributed by atoms with van der Waals surface area (Å²) in [4.78, 5) is 10.9. The highest BCUT2D eigenvalue weighted by Gasteiger charge is 1.95. The van der Waals surface area contributed by atoms with Crippen LogP contribution in [0.15, 0.2) is 17.9 Å². The molecule has 0 aromatic heterocycles. The summed E-state index contributed by atoms with van der Waals surface area (Å²) in [5.74, 6) is 2.11. The minimum Gasteiger partial charge on any atom is -0.469 e. The molecule has 0 spiro atoms. The Balaban J connectivity index is 3.21. The third-order valence-corrected chi connectivity index (χ3v) is 4.28. The first-order chi connectivity index (χ1) is 10.3. The highest BCUT2D eigenvalue weighted by atomic mass is 32.2. The van der Waals surface area contributed by atoms with Gasteiger partial charge in [-0.25, -0.2) is 0 Å². The standard InChI is InChI=1S/C18H32O2S/c1-3-4-5-6-7-8-10-13-16-21-17-14-11-9-12-15-18(19)20-2/h9,14H,3-8,10,12-13,15-17H2,1-2H3. The molecule has 0 heterocycles. The molecular formula is C18H32O2S. The third-order valence-electron chi connectivity index (χ3n) is 3.30. The van der Waals surface area contributed by atoms with E-state index in [0.29, 0.717) is 12.8 Å². The van der Waals surface area contributed by atoms with E-state index in [9.17, 15) is 4.79 Å². The maximum atomic E-state index is 10.9. The lowest BCUT2D eigenvalue weighted by Crippen LogP contribution is -1.97. The van der Waals surface area contributed by atoms with Crippen LogP contribution in [0.2, 0.25) is 0 Å². The van der Waals surface area contributed by atoms with Crippen LogP contribution in [0.25, 0.3) is 0 Å². The monoisotopic (exact) mass is 312 g/mol. The lowest BCUT2D eigenvalue weighted by molar-refractivity contribution is -0.140. The summed E-state index contributed by atoms with van der Waals surface area (Å²) >= 11 is 1.96. The minimum absolute atomic E-state index is 0.155. The van der Waals surface area contributed by atoms with Gasteiger partial charge >= 0.3 is 5.97 Å². The normalized spacial score (nSPS) is 10.0. The van der Waals surface area contributed by atoms with Crippen LogP contribution in [0.4, 0.5) is 0 Å². The molecule has 0 saturated carbocycles. The zero-order valence-electron chi connectivity index (χ0n) is 13.9. The summed E-state index contributed by atoms with van der Waals surface area (Å²) in [6.07, 6.45) is 16.2. The molecule has 0 saturated heterocycles. The SMILES string of the molecule is CCCCCCCCCCSCC=C=CCCC(=O)OC. The molecule has 0 atom stereocenters. The second-order valence-electron chi connectivity index (χ2n) is 5.24. The average molecular weight is 313 g/mol. The van der Waals surface area contributed by atoms with E-state index < -0.39 is 0 Å². The number of esters is 1. The van der Waals surface area contributed by atoms with Crippen LogP contribution in [0.5, 0.6) is 0 Å². The molecule has 2 nitrogen and oxygen atoms in total. The molecule has 3 heteroatoms. The zero-order valence-corrected chi connectivity index (χ0v) is 14.7. The number of ether oxygens (including phenoxy) is 1. The largest absolute Gasteiger partial charge is 0.469 e. The lowest BCUT2D eigenvalue weighted by atomic mass is 10.1. The summed E-state index contributed by atoms with van der Waals surface area (Å²) in [5, 5.41) is 0. The van der Waals surface area contributed by atoms with Gasteiger partial charge in [0.1, 0.15) is 0 Å². The highest BCUT2D eigenvalue weighted by molar-refractivity contribution is 7.99. The first-order valence-electron chi connectivity index (χ1n) is 8.35. The van der Waals surface area contributed by atoms with Crippen molar-refractivity contribution in [3.05, 3.63) is 17.9 Å². The number of rotatable bonds is 14. The Morgan fingerprint density at radius 2 is 1.71 bits per heavy atom. The van der Waals surface area contributed by atoms with E-state index in [4.69, 9.17) is 0 Å². The van der Waals surface area contributed by atoms with Gasteiger partial charge in [-0.15, -0.1) is 5.73 Å². The van der Waals surface area contributed by atoms with Gasteiger partial charge in [0.2, 0.25) is 0 Å². The van der Waals surface area contributed by atoms with E-state index >= 15 is 0 Å². The fourth-order valence-corrected chi connectivity index (χ4v) is 2.78. The van der Waals surface area contributed by atoms with Crippen LogP contribution in [-0.4, -0.2) is 24.6 Å². The Kier molecular flexibility index (Phi) is 16.8. The van der Waals surface area contributed by atoms with E-state index in [-0.39, 0.29) is 5.97 Å². The third kappa shape index (κ3) is 17.3. The molecule has 0 bridgehead atoms. The van der Waals surface area contributed by atoms with Crippen molar-refractivity contribution in [2.75, 3.05) is 18.6 Å². The van der Waals surface area contributed by atoms with Crippen molar-refractivity contribution in [3.8, 4) is 0 Å². The zero-order chi connectivity index (χ0) is 15.6. The number of carbonyl (C=O) groups is 1. The topological polar surface area (TPSA) is 26.3 Å². The van der Waals surface area contributed by atoms with Crippen LogP contribution in [0.3, 0.4) is 0 Å². The second-order valence-corrected chi connectivity index (χ2v) is 6.39. The number of unbranched alkanes of at least 4 members (excludes halogenated alkanes) is 7. The van der Waals surface area contributed by atoms with Crippen LogP contribution in [-0.2, 0) is 9.53 Å². The number of hydrogen-bond donors (Lipinski definition) is 0. The molecule has 0 fully saturated rings. The Labute approximate surface area is 135 Å². The van der Waals surface area contributed by atoms with Gasteiger partial charge in [-0.3, -0.25) is 4.79 Å². The summed E-state index contributed by atoms with van der Waals surface area (Å²) in [6.45, 7) is 2.26. The van der Waals surface area contributed by atoms with Crippen molar-refractivity contribution < 1.29 is 9.53 Å². The van der Waals surface area contributed by atoms with Gasteiger partial charge in [-0.05, 0) is 30.7 Å². The van der Waals surface area contributed by atoms with Gasteiger partial charge in [0, 0.05) is 12.2 Å². The van der Waals surface area contributed by atoms with Gasteiger partial charge in [0.25, 0.3) is 0 Å². The second kappa shape index (κ2) is 17.4. The van der Waals surface area contributed by atoms with Crippen LogP contribution in [0, 0.1) is 0 Å². The number of hydrogen-bond acceptors (Lipinski definition) is 3. The molecule has 0 aliphatic heterocycles. The summed E-state index contributed by atoms with van der Waals surface area (Å²) in [7, 11) is 1.42. The summed E-state index contributed by atoms with van der Waals surface area (Å²) in [5.41, 5.74) is 3.12. The Morgan fingerprint density at radius 1 is 1.05 bits per heavy atom. The minimum atomic E-state index is -0.155. The quantitative estimate of drug-likeness (QED) is 0.240. The van der Waals surface area contributed by atoms with Crippen molar-refractivity contribution in [1.29, 1.82) is 0 Å². The molecule has 0 N–H and O–H groups in total. The van der Waals surface area contributed by atoms with Gasteiger partial charge in [0.05, 0.1) is 7.11 Å². The molecule has 122 valence electrons. The molecule has 0 rings (SSSR count). The molecule has 0 aromatic carbocycles. The van der Waals surface area contributed by atoms with Gasteiger partial charge in [0.15, 0.2) is 0 Å². The maximum Gasteiger partial charge on any atom is 0.305 e. The Bertz CT molecular complexity index is 294. The van der Waals surface area contributed by atoms with E-state index in [2.05, 4.69) is 17.4 Å². The molecule has 0 aromatic rings. The van der Waals surface area contributed by atoms with Crippen LogP contribution < -0.4 is 0 Å². The van der Waals surface area contributed by atoms with Crippen molar-refractivity contribution in [2.24, 2.45) is 0 Å². The van der Waals surface area contributed by atoms with Gasteiger partial charge in [-0.2, -0.15) is 11.8 Å². The van der Waals surface area contributed by atoms with E-state index in [1.165, 1.54) is 64.2 Å². The maximum absolute atomic E-state index is 10.9. The molecular weight excluding hydrogens is 280 g/mol. The summed E-state index contributed by atoms with van der Waals surface area (Å²) < 4.78 is 4.57. The first kappa shape index (κ1) is 20.3. The molecule has 0 aliphatic rings. The number of thioether (sulfide) groups is 1. The molecule has 21 heavy (non-hydrogen) atoms. The first-order valence-corrected chi connectivity index (χ1v) is 9.50. The molecule has 0 unspecified atom stereocenters. The molecule has 0 amide bonds. The number of methoxy groups -OCH3 is 1. The fourth-order valence-electron chi connectivity index (χ4n) is 1.99. The summed E-state index contributed by atoms with van der Waals surface area (Å²) in [6, 6.07) is 0. The fraction of sp³-hybridized carbons (Fsp3) is 0.778. The van der Waals surface area contributed by atoms with Crippen molar-refractivity contribution in [3.63, 3.8) is 0 Å². The van der Waals surface area contributed by atoms with Gasteiger partial charge < -0.3 is 4.74 Å². The Hall–Kier alpha value is -0.660. The van der Waals surface area contributed by atoms with Crippen molar-refractivity contribution in [2.45, 2.75) is 71.1 Å². The molecule has 0 radical (unpaired) electrons. The smallest absolute Gasteiger partial charge is 0.305 e. The highest BCUT2D eigenvalue weighted by Crippen LogP contribution is 2.11.